The van der Waals surface area contributed by atoms with Gasteiger partial charge in [-0.05, 0) is 67.2 Å². The Labute approximate surface area is 282 Å². The highest BCUT2D eigenvalue weighted by molar-refractivity contribution is 6.72. The Kier molecular flexibility index (Phi) is 8.54. The van der Waals surface area contributed by atoms with Gasteiger partial charge in [0.05, 0.1) is 37.4 Å². The summed E-state index contributed by atoms with van der Waals surface area (Å²) in [6.07, 6.45) is 2.14. The summed E-state index contributed by atoms with van der Waals surface area (Å²) in [5, 5.41) is 10.2. The number of carbonyl (C=O) groups is 3. The number of para-hydroxylation sites is 1. The van der Waals surface area contributed by atoms with Gasteiger partial charge in [-0.1, -0.05) is 61.5 Å². The van der Waals surface area contributed by atoms with Crippen molar-refractivity contribution in [1.82, 2.24) is 4.90 Å². The normalized spacial score (nSPS) is 27.1. The number of amides is 3. The molecule has 1 N–H and O–H groups in total. The molecule has 4 heterocycles. The van der Waals surface area contributed by atoms with Crippen LogP contribution in [-0.2, 0) is 44.2 Å². The molecule has 0 saturated carbocycles. The van der Waals surface area contributed by atoms with Crippen molar-refractivity contribution in [2.45, 2.75) is 88.5 Å². The van der Waals surface area contributed by atoms with Crippen LogP contribution >= 0.6 is 0 Å². The Balaban J connectivity index is 1.17. The lowest BCUT2D eigenvalue weighted by Crippen LogP contribution is -2.48. The average Bonchev–Trinajstić information content (AvgIpc) is 3.50. The maximum absolute atomic E-state index is 16.4. The number of benzene rings is 3. The van der Waals surface area contributed by atoms with Crippen LogP contribution in [0.2, 0.25) is 18.6 Å². The molecule has 0 aliphatic carbocycles. The first-order valence-electron chi connectivity index (χ1n) is 17.2. The van der Waals surface area contributed by atoms with Crippen LogP contribution in [-0.4, -0.2) is 61.4 Å². The molecular weight excluding hydrogens is 626 g/mol. The van der Waals surface area contributed by atoms with Crippen molar-refractivity contribution in [1.29, 1.82) is 0 Å². The molecule has 4 aliphatic heterocycles. The number of carbonyl (C=O) groups excluding carboxylic acids is 3. The highest BCUT2D eigenvalue weighted by atomic mass is 28.4. The summed E-state index contributed by atoms with van der Waals surface area (Å²) in [5.74, 6) is -0.830. The van der Waals surface area contributed by atoms with E-state index < -0.39 is 31.6 Å². The van der Waals surface area contributed by atoms with Gasteiger partial charge in [0.15, 0.2) is 5.60 Å². The van der Waals surface area contributed by atoms with E-state index in [-0.39, 0.29) is 43.3 Å². The van der Waals surface area contributed by atoms with E-state index in [1.165, 1.54) is 0 Å². The van der Waals surface area contributed by atoms with E-state index in [9.17, 15) is 19.5 Å². The molecule has 5 atom stereocenters. The van der Waals surface area contributed by atoms with Crippen molar-refractivity contribution < 1.29 is 28.3 Å². The zero-order valence-electron chi connectivity index (χ0n) is 27.9. The second-order valence-electron chi connectivity index (χ2n) is 14.4. The van der Waals surface area contributed by atoms with Gasteiger partial charge in [-0.25, -0.2) is 0 Å². The van der Waals surface area contributed by atoms with Gasteiger partial charge in [-0.15, -0.1) is 0 Å². The van der Waals surface area contributed by atoms with E-state index in [0.29, 0.717) is 31.5 Å². The van der Waals surface area contributed by atoms with Crippen molar-refractivity contribution >= 4 is 37.5 Å². The lowest BCUT2D eigenvalue weighted by atomic mass is 9.82. The number of aliphatic hydroxyl groups is 1. The standard InChI is InChI=1S/C38H44FN3O5Si/c1-25-36(48(2,3)39)33(21-35(45)41-23-28-11-5-4-10-27(28)20-30(41)24-43)47-38(25)31-12-6-7-13-32(31)42(37(38)46)22-26-15-17-29(18-16-26)40-19-9-8-14-34(40)44/h4-7,10-13,15-18,25,30,33,36,43H,8-9,14,19-24H2,1-3H3/t25-,30+,33+,36-,38+/m1/s1. The number of aliphatic hydroxyl groups excluding tert-OH is 1. The van der Waals surface area contributed by atoms with Gasteiger partial charge >= 0.3 is 0 Å². The van der Waals surface area contributed by atoms with Gasteiger partial charge in [-0.2, -0.15) is 0 Å². The summed E-state index contributed by atoms with van der Waals surface area (Å²) in [7, 11) is -3.47. The molecule has 252 valence electrons. The van der Waals surface area contributed by atoms with Crippen LogP contribution in [0.4, 0.5) is 15.5 Å². The molecular formula is C38H44FN3O5Si. The third-order valence-electron chi connectivity index (χ3n) is 11.0. The van der Waals surface area contributed by atoms with Gasteiger partial charge in [0.2, 0.25) is 20.2 Å². The molecule has 3 amide bonds. The van der Waals surface area contributed by atoms with Crippen molar-refractivity contribution in [3.8, 4) is 0 Å². The largest absolute Gasteiger partial charge is 0.394 e. The van der Waals surface area contributed by atoms with E-state index in [1.807, 2.05) is 84.6 Å². The Morgan fingerprint density at radius 2 is 1.71 bits per heavy atom. The fourth-order valence-corrected chi connectivity index (χ4v) is 11.2. The fraction of sp³-hybridized carbons (Fsp3) is 0.447. The average molecular weight is 670 g/mol. The Morgan fingerprint density at radius 3 is 2.42 bits per heavy atom. The van der Waals surface area contributed by atoms with Crippen molar-refractivity contribution in [3.63, 3.8) is 0 Å². The molecule has 0 bridgehead atoms. The van der Waals surface area contributed by atoms with Crippen LogP contribution in [0.15, 0.2) is 72.8 Å². The van der Waals surface area contributed by atoms with E-state index >= 15 is 4.11 Å². The first-order chi connectivity index (χ1) is 23.0. The van der Waals surface area contributed by atoms with Crippen LogP contribution in [0.3, 0.4) is 0 Å². The van der Waals surface area contributed by atoms with Gasteiger partial charge in [0, 0.05) is 42.2 Å². The summed E-state index contributed by atoms with van der Waals surface area (Å²) >= 11 is 0. The number of rotatable bonds is 7. The first-order valence-corrected chi connectivity index (χ1v) is 20.1. The van der Waals surface area contributed by atoms with Crippen LogP contribution in [0.1, 0.15) is 54.9 Å². The molecule has 4 aliphatic rings. The monoisotopic (exact) mass is 669 g/mol. The number of fused-ring (bicyclic) bond motifs is 3. The fourth-order valence-electron chi connectivity index (χ4n) is 8.73. The zero-order valence-corrected chi connectivity index (χ0v) is 28.9. The Hall–Kier alpha value is -3.86. The Bertz CT molecular complexity index is 1730. The predicted molar refractivity (Wildman–Crippen MR) is 185 cm³/mol. The van der Waals surface area contributed by atoms with Crippen molar-refractivity contribution in [3.05, 3.63) is 95.1 Å². The summed E-state index contributed by atoms with van der Waals surface area (Å²) in [6.45, 7) is 6.37. The van der Waals surface area contributed by atoms with Crippen LogP contribution in [0.5, 0.6) is 0 Å². The van der Waals surface area contributed by atoms with Crippen molar-refractivity contribution in [2.75, 3.05) is 23.0 Å². The van der Waals surface area contributed by atoms with Crippen LogP contribution in [0.25, 0.3) is 0 Å². The van der Waals surface area contributed by atoms with E-state index in [1.54, 1.807) is 22.9 Å². The maximum atomic E-state index is 16.4. The second kappa shape index (κ2) is 12.5. The highest BCUT2D eigenvalue weighted by Gasteiger charge is 2.67. The number of piperidine rings is 1. The summed E-state index contributed by atoms with van der Waals surface area (Å²) < 4.78 is 23.2. The minimum Gasteiger partial charge on any atom is -0.394 e. The highest BCUT2D eigenvalue weighted by Crippen LogP contribution is 2.60. The molecule has 8 nitrogen and oxygen atoms in total. The lowest BCUT2D eigenvalue weighted by molar-refractivity contribution is -0.151. The number of hydrogen-bond acceptors (Lipinski definition) is 5. The number of anilines is 2. The Morgan fingerprint density at radius 1 is 1.00 bits per heavy atom. The van der Waals surface area contributed by atoms with Gasteiger partial charge in [0.1, 0.15) is 0 Å². The number of halogens is 1. The first kappa shape index (κ1) is 32.7. The molecule has 0 radical (unpaired) electrons. The summed E-state index contributed by atoms with van der Waals surface area (Å²) in [5.41, 5.74) is 3.31. The molecule has 2 fully saturated rings. The summed E-state index contributed by atoms with van der Waals surface area (Å²) in [6, 6.07) is 22.9. The molecule has 0 unspecified atom stereocenters. The third kappa shape index (κ3) is 5.47. The second-order valence-corrected chi connectivity index (χ2v) is 18.2. The van der Waals surface area contributed by atoms with E-state index in [4.69, 9.17) is 4.74 Å². The lowest BCUT2D eigenvalue weighted by Gasteiger charge is -2.37. The predicted octanol–water partition coefficient (Wildman–Crippen LogP) is 5.86. The molecule has 1 spiro atoms. The quantitative estimate of drug-likeness (QED) is 0.252. The molecule has 7 rings (SSSR count). The van der Waals surface area contributed by atoms with Crippen molar-refractivity contribution in [2.24, 2.45) is 5.92 Å². The smallest absolute Gasteiger partial charge is 0.264 e. The topological polar surface area (TPSA) is 90.4 Å². The number of hydrogen-bond donors (Lipinski definition) is 1. The molecule has 3 aromatic rings. The minimum atomic E-state index is -3.47. The van der Waals surface area contributed by atoms with Gasteiger partial charge < -0.3 is 28.7 Å². The van der Waals surface area contributed by atoms with Gasteiger partial charge in [-0.3, -0.25) is 14.4 Å². The van der Waals surface area contributed by atoms with E-state index in [2.05, 4.69) is 0 Å². The van der Waals surface area contributed by atoms with Crippen LogP contribution in [0, 0.1) is 5.92 Å². The number of nitrogens with zero attached hydrogens (tertiary/aromatic N) is 3. The molecule has 3 aromatic carbocycles. The SMILES string of the molecule is C[C@@H]1[C@@H]([Si](C)(C)F)[C@H](CC(=O)N2Cc3ccccc3C[C@H]2CO)O[C@@]12C(=O)N(Cc1ccc(N3CCCCC3=O)cc1)c1ccccc12. The molecule has 48 heavy (non-hydrogen) atoms. The maximum Gasteiger partial charge on any atom is 0.264 e. The van der Waals surface area contributed by atoms with E-state index in [0.717, 1.165) is 40.9 Å². The van der Waals surface area contributed by atoms with Crippen LogP contribution < -0.4 is 9.80 Å². The molecule has 0 aromatic heterocycles. The third-order valence-corrected chi connectivity index (χ3v) is 13.5. The minimum absolute atomic E-state index is 0.0676. The van der Waals surface area contributed by atoms with Gasteiger partial charge in [0.25, 0.3) is 5.91 Å². The number of ether oxygens (including phenoxy) is 1. The molecule has 10 heteroatoms. The summed E-state index contributed by atoms with van der Waals surface area (Å²) in [4.78, 5) is 46.5. The molecule has 2 saturated heterocycles. The zero-order chi connectivity index (χ0) is 33.8.